The topological polar surface area (TPSA) is 58.6 Å². The van der Waals surface area contributed by atoms with Crippen LogP contribution in [0.15, 0.2) is 47.6 Å². The van der Waals surface area contributed by atoms with E-state index in [0.29, 0.717) is 10.9 Å². The zero-order valence-corrected chi connectivity index (χ0v) is 11.8. The fourth-order valence-electron chi connectivity index (χ4n) is 1.95. The molecule has 3 aromatic rings. The van der Waals surface area contributed by atoms with Gasteiger partial charge in [-0.25, -0.2) is 0 Å². The van der Waals surface area contributed by atoms with Gasteiger partial charge in [-0.1, -0.05) is 48.2 Å². The summed E-state index contributed by atoms with van der Waals surface area (Å²) in [6.45, 7) is 1.56. The van der Waals surface area contributed by atoms with E-state index in [9.17, 15) is 4.79 Å². The molecule has 0 unspecified atom stereocenters. The van der Waals surface area contributed by atoms with E-state index in [2.05, 4.69) is 39.4 Å². The fourth-order valence-corrected chi connectivity index (χ4v) is 2.56. The zero-order chi connectivity index (χ0) is 13.9. The molecule has 0 saturated carbocycles. The molecule has 0 bridgehead atoms. The van der Waals surface area contributed by atoms with E-state index >= 15 is 0 Å². The van der Waals surface area contributed by atoms with Crippen molar-refractivity contribution in [3.05, 3.63) is 42.5 Å². The van der Waals surface area contributed by atoms with Crippen LogP contribution in [-0.4, -0.2) is 26.7 Å². The van der Waals surface area contributed by atoms with Gasteiger partial charge < -0.3 is 4.98 Å². The maximum atomic E-state index is 11.0. The number of fused-ring (bicyclic) bond motifs is 1. The summed E-state index contributed by atoms with van der Waals surface area (Å²) in [6, 6.07) is 14.3. The van der Waals surface area contributed by atoms with Crippen LogP contribution in [0.1, 0.15) is 6.92 Å². The highest BCUT2D eigenvalue weighted by atomic mass is 32.2. The molecule has 0 saturated heterocycles. The number of benzene rings is 2. The van der Waals surface area contributed by atoms with Gasteiger partial charge in [-0.3, -0.25) is 4.79 Å². The molecule has 100 valence electrons. The minimum absolute atomic E-state index is 0.124. The lowest BCUT2D eigenvalue weighted by Gasteiger charge is -2.00. The summed E-state index contributed by atoms with van der Waals surface area (Å²) in [6.07, 6.45) is 0. The van der Waals surface area contributed by atoms with Crippen molar-refractivity contribution in [2.24, 2.45) is 0 Å². The molecule has 2 aromatic carbocycles. The van der Waals surface area contributed by atoms with E-state index in [4.69, 9.17) is 0 Å². The van der Waals surface area contributed by atoms with Crippen LogP contribution >= 0.6 is 11.8 Å². The van der Waals surface area contributed by atoms with Crippen LogP contribution in [0.5, 0.6) is 0 Å². The van der Waals surface area contributed by atoms with Gasteiger partial charge in [0.05, 0.1) is 5.75 Å². The lowest BCUT2D eigenvalue weighted by molar-refractivity contribution is -0.114. The van der Waals surface area contributed by atoms with Crippen LogP contribution in [0.3, 0.4) is 0 Å². The van der Waals surface area contributed by atoms with Gasteiger partial charge in [0.2, 0.25) is 0 Å². The summed E-state index contributed by atoms with van der Waals surface area (Å²) in [4.78, 5) is 14.1. The standard InChI is InChI=1S/C15H13N3OS/c1-10(19)9-20-15-16-14(17-18-15)13-7-6-11-4-2-3-5-12(11)8-13/h2-8H,9H2,1H3,(H,16,17,18). The number of nitrogens with zero attached hydrogens (tertiary/aromatic N) is 2. The molecule has 5 heteroatoms. The molecule has 1 aromatic heterocycles. The van der Waals surface area contributed by atoms with Crippen molar-refractivity contribution in [2.75, 3.05) is 5.75 Å². The number of rotatable bonds is 4. The maximum absolute atomic E-state index is 11.0. The molecule has 0 radical (unpaired) electrons. The number of carbonyl (C=O) groups excluding carboxylic acids is 1. The van der Waals surface area contributed by atoms with Crippen LogP contribution < -0.4 is 0 Å². The highest BCUT2D eigenvalue weighted by Gasteiger charge is 2.07. The van der Waals surface area contributed by atoms with Crippen LogP contribution in [0, 0.1) is 0 Å². The third-order valence-corrected chi connectivity index (χ3v) is 3.91. The molecular weight excluding hydrogens is 270 g/mol. The molecule has 3 rings (SSSR count). The van der Waals surface area contributed by atoms with Gasteiger partial charge in [0.1, 0.15) is 5.78 Å². The van der Waals surface area contributed by atoms with Gasteiger partial charge >= 0.3 is 0 Å². The Kier molecular flexibility index (Phi) is 3.52. The Bertz CT molecular complexity index is 766. The molecule has 0 aliphatic rings. The Morgan fingerprint density at radius 2 is 1.95 bits per heavy atom. The number of hydrogen-bond acceptors (Lipinski definition) is 4. The van der Waals surface area contributed by atoms with E-state index in [1.54, 1.807) is 6.92 Å². The SMILES string of the molecule is CC(=O)CSc1nnc(-c2ccc3ccccc3c2)[nH]1. The normalized spacial score (nSPS) is 10.8. The van der Waals surface area contributed by atoms with Gasteiger partial charge in [-0.05, 0) is 23.8 Å². The number of aromatic amines is 1. The highest BCUT2D eigenvalue weighted by molar-refractivity contribution is 7.99. The number of H-pyrrole nitrogens is 1. The predicted molar refractivity (Wildman–Crippen MR) is 80.7 cm³/mol. The number of nitrogens with one attached hydrogen (secondary N) is 1. The van der Waals surface area contributed by atoms with Crippen molar-refractivity contribution in [2.45, 2.75) is 12.1 Å². The fraction of sp³-hybridized carbons (Fsp3) is 0.133. The lowest BCUT2D eigenvalue weighted by atomic mass is 10.1. The minimum atomic E-state index is 0.124. The molecule has 20 heavy (non-hydrogen) atoms. The molecule has 0 fully saturated rings. The predicted octanol–water partition coefficient (Wildman–Crippen LogP) is 3.31. The Morgan fingerprint density at radius 3 is 2.75 bits per heavy atom. The van der Waals surface area contributed by atoms with Crippen LogP contribution in [0.25, 0.3) is 22.2 Å². The molecule has 0 amide bonds. The Hall–Kier alpha value is -2.14. The van der Waals surface area contributed by atoms with Crippen LogP contribution in [0.2, 0.25) is 0 Å². The molecule has 0 spiro atoms. The molecule has 0 atom stereocenters. The van der Waals surface area contributed by atoms with Crippen LogP contribution in [-0.2, 0) is 4.79 Å². The van der Waals surface area contributed by atoms with Crippen molar-refractivity contribution in [1.29, 1.82) is 0 Å². The highest BCUT2D eigenvalue weighted by Crippen LogP contribution is 2.23. The van der Waals surface area contributed by atoms with Crippen molar-refractivity contribution < 1.29 is 4.79 Å². The molecule has 4 nitrogen and oxygen atoms in total. The van der Waals surface area contributed by atoms with E-state index in [0.717, 1.165) is 11.4 Å². The molecular formula is C15H13N3OS. The van der Waals surface area contributed by atoms with E-state index in [1.165, 1.54) is 22.5 Å². The molecule has 0 aliphatic carbocycles. The summed E-state index contributed by atoms with van der Waals surface area (Å²) in [5, 5.41) is 11.2. The van der Waals surface area contributed by atoms with E-state index in [-0.39, 0.29) is 5.78 Å². The first-order valence-electron chi connectivity index (χ1n) is 6.26. The van der Waals surface area contributed by atoms with Crippen molar-refractivity contribution in [1.82, 2.24) is 15.2 Å². The van der Waals surface area contributed by atoms with Gasteiger partial charge in [-0.2, -0.15) is 0 Å². The van der Waals surface area contributed by atoms with Crippen molar-refractivity contribution >= 4 is 28.3 Å². The van der Waals surface area contributed by atoms with Gasteiger partial charge in [0.25, 0.3) is 0 Å². The van der Waals surface area contributed by atoms with Gasteiger partial charge in [-0.15, -0.1) is 10.2 Å². The number of aromatic nitrogens is 3. The number of Topliss-reactive ketones (excluding diaryl/α,β-unsaturated/α-hetero) is 1. The van der Waals surface area contributed by atoms with Crippen LogP contribution in [0.4, 0.5) is 0 Å². The molecule has 1 N–H and O–H groups in total. The number of thioether (sulfide) groups is 1. The molecule has 1 heterocycles. The monoisotopic (exact) mass is 283 g/mol. The van der Waals surface area contributed by atoms with Crippen molar-refractivity contribution in [3.8, 4) is 11.4 Å². The van der Waals surface area contributed by atoms with Crippen molar-refractivity contribution in [3.63, 3.8) is 0 Å². The second-order valence-corrected chi connectivity index (χ2v) is 5.50. The molecule has 0 aliphatic heterocycles. The average molecular weight is 283 g/mol. The summed E-state index contributed by atoms with van der Waals surface area (Å²) < 4.78 is 0. The van der Waals surface area contributed by atoms with Gasteiger partial charge in [0.15, 0.2) is 11.0 Å². The smallest absolute Gasteiger partial charge is 0.189 e. The number of carbonyl (C=O) groups is 1. The first-order valence-corrected chi connectivity index (χ1v) is 7.25. The maximum Gasteiger partial charge on any atom is 0.189 e. The summed E-state index contributed by atoms with van der Waals surface area (Å²) in [5.74, 6) is 1.26. The van der Waals surface area contributed by atoms with E-state index in [1.807, 2.05) is 18.2 Å². The first-order chi connectivity index (χ1) is 9.72. The Balaban J connectivity index is 1.89. The zero-order valence-electron chi connectivity index (χ0n) is 11.0. The third kappa shape index (κ3) is 2.72. The first kappa shape index (κ1) is 12.9. The minimum Gasteiger partial charge on any atom is -0.316 e. The summed E-state index contributed by atoms with van der Waals surface area (Å²) >= 11 is 1.37. The average Bonchev–Trinajstić information content (AvgIpc) is 2.93. The Labute approximate surface area is 120 Å². The summed E-state index contributed by atoms with van der Waals surface area (Å²) in [5.41, 5.74) is 0.992. The summed E-state index contributed by atoms with van der Waals surface area (Å²) in [7, 11) is 0. The lowest BCUT2D eigenvalue weighted by Crippen LogP contribution is -1.93. The number of ketones is 1. The third-order valence-electron chi connectivity index (χ3n) is 2.90. The number of hydrogen-bond donors (Lipinski definition) is 1. The second kappa shape index (κ2) is 5.46. The quantitative estimate of drug-likeness (QED) is 0.746. The van der Waals surface area contributed by atoms with Gasteiger partial charge in [0, 0.05) is 5.56 Å². The largest absolute Gasteiger partial charge is 0.316 e. The Morgan fingerprint density at radius 1 is 1.15 bits per heavy atom. The van der Waals surface area contributed by atoms with E-state index < -0.39 is 0 Å². The second-order valence-electron chi connectivity index (χ2n) is 4.53.